The van der Waals surface area contributed by atoms with Gasteiger partial charge in [0.2, 0.25) is 5.91 Å². The molecule has 0 radical (unpaired) electrons. The van der Waals surface area contributed by atoms with Crippen molar-refractivity contribution in [3.8, 4) is 0 Å². The van der Waals surface area contributed by atoms with Crippen LogP contribution in [0.2, 0.25) is 0 Å². The third-order valence-corrected chi connectivity index (χ3v) is 3.34. The van der Waals surface area contributed by atoms with Crippen LogP contribution in [-0.2, 0) is 9.59 Å². The quantitative estimate of drug-likeness (QED) is 0.563. The summed E-state index contributed by atoms with van der Waals surface area (Å²) in [5.74, 6) is -1.35. The smallest absolute Gasteiger partial charge is 0.329 e. The summed E-state index contributed by atoms with van der Waals surface area (Å²) in [5.41, 5.74) is 5.98. The van der Waals surface area contributed by atoms with Crippen molar-refractivity contribution in [2.24, 2.45) is 0 Å². The molecule has 0 unspecified atom stereocenters. The lowest BCUT2D eigenvalue weighted by Gasteiger charge is -2.37. The fraction of sp³-hybridized carbons (Fsp3) is 0.286. The summed E-state index contributed by atoms with van der Waals surface area (Å²) in [5, 5.41) is 11.7. The van der Waals surface area contributed by atoms with Gasteiger partial charge in [0.1, 0.15) is 5.54 Å². The zero-order chi connectivity index (χ0) is 13.9. The van der Waals surface area contributed by atoms with Crippen molar-refractivity contribution in [1.82, 2.24) is 5.32 Å². The molecule has 2 rings (SSSR count). The van der Waals surface area contributed by atoms with Crippen LogP contribution in [0.3, 0.4) is 0 Å². The number of carbonyl (C=O) groups is 2. The maximum absolute atomic E-state index is 11.7. The number of rotatable bonds is 4. The number of hydrogen-bond acceptors (Lipinski definition) is 3. The molecular formula is C14H16N2O3. The summed E-state index contributed by atoms with van der Waals surface area (Å²) in [6.45, 7) is 0. The highest BCUT2D eigenvalue weighted by Crippen LogP contribution is 2.31. The van der Waals surface area contributed by atoms with E-state index in [1.54, 1.807) is 30.3 Å². The first-order valence-electron chi connectivity index (χ1n) is 6.11. The van der Waals surface area contributed by atoms with Crippen molar-refractivity contribution < 1.29 is 14.7 Å². The Morgan fingerprint density at radius 3 is 2.37 bits per heavy atom. The average Bonchev–Trinajstić information content (AvgIpc) is 2.32. The van der Waals surface area contributed by atoms with E-state index in [1.165, 1.54) is 6.08 Å². The average molecular weight is 260 g/mol. The van der Waals surface area contributed by atoms with Gasteiger partial charge < -0.3 is 16.2 Å². The zero-order valence-electron chi connectivity index (χ0n) is 10.4. The van der Waals surface area contributed by atoms with E-state index in [1.807, 2.05) is 0 Å². The van der Waals surface area contributed by atoms with E-state index >= 15 is 0 Å². The third kappa shape index (κ3) is 2.93. The lowest BCUT2D eigenvalue weighted by molar-refractivity contribution is -0.151. The Morgan fingerprint density at radius 1 is 1.26 bits per heavy atom. The maximum Gasteiger partial charge on any atom is 0.329 e. The van der Waals surface area contributed by atoms with Gasteiger partial charge in [-0.3, -0.25) is 4.79 Å². The fourth-order valence-electron chi connectivity index (χ4n) is 1.98. The Balaban J connectivity index is 1.97. The summed E-state index contributed by atoms with van der Waals surface area (Å²) < 4.78 is 0. The normalized spacial score (nSPS) is 16.8. The van der Waals surface area contributed by atoms with Gasteiger partial charge in [-0.1, -0.05) is 12.1 Å². The molecule has 0 aliphatic heterocycles. The van der Waals surface area contributed by atoms with E-state index in [-0.39, 0.29) is 5.91 Å². The zero-order valence-corrected chi connectivity index (χ0v) is 10.4. The topological polar surface area (TPSA) is 92.4 Å². The molecule has 0 saturated heterocycles. The molecule has 5 nitrogen and oxygen atoms in total. The van der Waals surface area contributed by atoms with E-state index in [0.717, 1.165) is 12.0 Å². The second-order valence-corrected chi connectivity index (χ2v) is 4.73. The van der Waals surface area contributed by atoms with Crippen molar-refractivity contribution >= 4 is 23.6 Å². The lowest BCUT2D eigenvalue weighted by Crippen LogP contribution is -2.58. The number of nitrogens with one attached hydrogen (secondary N) is 1. The van der Waals surface area contributed by atoms with Gasteiger partial charge in [0, 0.05) is 11.8 Å². The second kappa shape index (κ2) is 5.14. The van der Waals surface area contributed by atoms with Crippen molar-refractivity contribution in [1.29, 1.82) is 0 Å². The number of carboxylic acids is 1. The molecule has 0 aromatic heterocycles. The van der Waals surface area contributed by atoms with Gasteiger partial charge >= 0.3 is 5.97 Å². The minimum absolute atomic E-state index is 0.390. The Bertz CT molecular complexity index is 516. The third-order valence-electron chi connectivity index (χ3n) is 3.34. The van der Waals surface area contributed by atoms with Crippen LogP contribution >= 0.6 is 0 Å². The second-order valence-electron chi connectivity index (χ2n) is 4.73. The number of benzene rings is 1. The van der Waals surface area contributed by atoms with E-state index in [0.29, 0.717) is 18.5 Å². The molecule has 0 heterocycles. The highest BCUT2D eigenvalue weighted by molar-refractivity contribution is 5.96. The molecule has 5 heteroatoms. The van der Waals surface area contributed by atoms with E-state index < -0.39 is 11.5 Å². The number of carbonyl (C=O) groups excluding carboxylic acids is 1. The van der Waals surface area contributed by atoms with E-state index in [2.05, 4.69) is 5.32 Å². The van der Waals surface area contributed by atoms with Crippen LogP contribution in [-0.4, -0.2) is 22.5 Å². The Labute approximate surface area is 111 Å². The summed E-state index contributed by atoms with van der Waals surface area (Å²) in [7, 11) is 0. The van der Waals surface area contributed by atoms with Crippen LogP contribution in [0.5, 0.6) is 0 Å². The first-order chi connectivity index (χ1) is 9.02. The number of nitrogen functional groups attached to an aromatic ring is 1. The van der Waals surface area contributed by atoms with Gasteiger partial charge in [0.15, 0.2) is 0 Å². The van der Waals surface area contributed by atoms with Gasteiger partial charge in [0.25, 0.3) is 0 Å². The molecule has 0 spiro atoms. The molecule has 1 fully saturated rings. The molecule has 1 amide bonds. The summed E-state index contributed by atoms with van der Waals surface area (Å²) in [4.78, 5) is 22.8. The lowest BCUT2D eigenvalue weighted by atomic mass is 9.77. The molecular weight excluding hydrogens is 244 g/mol. The number of hydrogen-bond donors (Lipinski definition) is 3. The van der Waals surface area contributed by atoms with Crippen LogP contribution in [0, 0.1) is 0 Å². The van der Waals surface area contributed by atoms with Gasteiger partial charge in [-0.15, -0.1) is 0 Å². The SMILES string of the molecule is Nc1ccc(/C=C/C(=O)NC2(C(=O)O)CCC2)cc1. The maximum atomic E-state index is 11.7. The van der Waals surface area contributed by atoms with Crippen LogP contribution in [0.15, 0.2) is 30.3 Å². The fourth-order valence-corrected chi connectivity index (χ4v) is 1.98. The number of amides is 1. The first kappa shape index (κ1) is 13.1. The van der Waals surface area contributed by atoms with Gasteiger partial charge in [0.05, 0.1) is 0 Å². The number of aliphatic carboxylic acids is 1. The van der Waals surface area contributed by atoms with Crippen LogP contribution < -0.4 is 11.1 Å². The number of nitrogens with two attached hydrogens (primary N) is 1. The molecule has 1 aromatic carbocycles. The molecule has 19 heavy (non-hydrogen) atoms. The minimum Gasteiger partial charge on any atom is -0.480 e. The van der Waals surface area contributed by atoms with Crippen molar-refractivity contribution in [2.75, 3.05) is 5.73 Å². The summed E-state index contributed by atoms with van der Waals surface area (Å²) in [6, 6.07) is 7.05. The molecule has 4 N–H and O–H groups in total. The molecule has 0 atom stereocenters. The Morgan fingerprint density at radius 2 is 1.89 bits per heavy atom. The molecule has 100 valence electrons. The summed E-state index contributed by atoms with van der Waals surface area (Å²) >= 11 is 0. The van der Waals surface area contributed by atoms with Crippen molar-refractivity contribution in [3.05, 3.63) is 35.9 Å². The highest BCUT2D eigenvalue weighted by atomic mass is 16.4. The minimum atomic E-state index is -1.07. The van der Waals surface area contributed by atoms with Crippen LogP contribution in [0.1, 0.15) is 24.8 Å². The monoisotopic (exact) mass is 260 g/mol. The van der Waals surface area contributed by atoms with Gasteiger partial charge in [-0.2, -0.15) is 0 Å². The standard InChI is InChI=1S/C14H16N2O3/c15-11-5-2-10(3-6-11)4-7-12(17)16-14(13(18)19)8-1-9-14/h2-7H,1,8-9,15H2,(H,16,17)(H,18,19)/b7-4+. The van der Waals surface area contributed by atoms with E-state index in [9.17, 15) is 9.59 Å². The van der Waals surface area contributed by atoms with E-state index in [4.69, 9.17) is 10.8 Å². The predicted molar refractivity (Wildman–Crippen MR) is 72.2 cm³/mol. The van der Waals surface area contributed by atoms with Crippen LogP contribution in [0.25, 0.3) is 6.08 Å². The Kier molecular flexibility index (Phi) is 3.55. The van der Waals surface area contributed by atoms with Crippen molar-refractivity contribution in [2.45, 2.75) is 24.8 Å². The largest absolute Gasteiger partial charge is 0.480 e. The molecule has 1 saturated carbocycles. The molecule has 0 bridgehead atoms. The molecule has 1 aromatic rings. The van der Waals surface area contributed by atoms with Gasteiger partial charge in [-0.25, -0.2) is 4.79 Å². The predicted octanol–water partition coefficient (Wildman–Crippen LogP) is 1.41. The number of carboxylic acid groups (broad SMARTS) is 1. The van der Waals surface area contributed by atoms with Gasteiger partial charge in [-0.05, 0) is 43.0 Å². The van der Waals surface area contributed by atoms with Crippen molar-refractivity contribution in [3.63, 3.8) is 0 Å². The van der Waals surface area contributed by atoms with Crippen LogP contribution in [0.4, 0.5) is 5.69 Å². The summed E-state index contributed by atoms with van der Waals surface area (Å²) in [6.07, 6.45) is 4.78. The molecule has 1 aliphatic rings. The molecule has 1 aliphatic carbocycles. The number of anilines is 1. The first-order valence-corrected chi connectivity index (χ1v) is 6.11. The highest BCUT2D eigenvalue weighted by Gasteiger charge is 2.45. The Hall–Kier alpha value is -2.30.